The maximum absolute atomic E-state index is 7.49. The van der Waals surface area contributed by atoms with E-state index in [2.05, 4.69) is 5.16 Å². The van der Waals surface area contributed by atoms with Crippen LogP contribution in [-0.4, -0.2) is 12.3 Å². The van der Waals surface area contributed by atoms with E-state index in [4.69, 9.17) is 22.2 Å². The highest BCUT2D eigenvalue weighted by atomic mass is 35.5. The van der Waals surface area contributed by atoms with E-state index in [0.717, 1.165) is 0 Å². The standard InChI is InChI=1S/C9H14ClNO2/c1-9(2,3)7-6(5-10)8(12-4)11-13-7/h5H2,1-4H3/i5T/t5-/m0/s1. The molecule has 1 rings (SSSR count). The molecule has 1 aromatic rings. The van der Waals surface area contributed by atoms with Gasteiger partial charge in [0.1, 0.15) is 5.76 Å². The predicted molar refractivity (Wildman–Crippen MR) is 51.3 cm³/mol. The zero-order valence-electron chi connectivity index (χ0n) is 9.22. The largest absolute Gasteiger partial charge is 0.479 e. The molecule has 0 N–H and O–H groups in total. The van der Waals surface area contributed by atoms with Gasteiger partial charge in [-0.15, -0.1) is 11.6 Å². The van der Waals surface area contributed by atoms with Gasteiger partial charge in [0.15, 0.2) is 0 Å². The van der Waals surface area contributed by atoms with Crippen LogP contribution in [0.15, 0.2) is 4.52 Å². The molecule has 0 radical (unpaired) electrons. The summed E-state index contributed by atoms with van der Waals surface area (Å²) in [7, 11) is 1.48. The van der Waals surface area contributed by atoms with Crippen LogP contribution in [0.25, 0.3) is 0 Å². The summed E-state index contributed by atoms with van der Waals surface area (Å²) >= 11 is 5.73. The van der Waals surface area contributed by atoms with E-state index >= 15 is 0 Å². The van der Waals surface area contributed by atoms with Crippen molar-refractivity contribution in [1.82, 2.24) is 5.16 Å². The summed E-state index contributed by atoms with van der Waals surface area (Å²) in [5, 5.41) is 3.72. The third-order valence-electron chi connectivity index (χ3n) is 1.68. The maximum Gasteiger partial charge on any atom is 0.258 e. The molecule has 0 aromatic carbocycles. The Morgan fingerprint density at radius 1 is 1.62 bits per heavy atom. The van der Waals surface area contributed by atoms with Crippen molar-refractivity contribution in [2.45, 2.75) is 32.0 Å². The molecule has 0 saturated heterocycles. The highest BCUT2D eigenvalue weighted by Crippen LogP contribution is 2.32. The summed E-state index contributed by atoms with van der Waals surface area (Å²) in [5.41, 5.74) is 0.287. The summed E-state index contributed by atoms with van der Waals surface area (Å²) in [6.07, 6.45) is 0. The van der Waals surface area contributed by atoms with Crippen LogP contribution in [0.3, 0.4) is 0 Å². The second-order valence-corrected chi connectivity index (χ2v) is 4.01. The highest BCUT2D eigenvalue weighted by Gasteiger charge is 2.26. The fourth-order valence-electron chi connectivity index (χ4n) is 1.07. The first-order valence-corrected chi connectivity index (χ1v) is 4.42. The Morgan fingerprint density at radius 3 is 2.62 bits per heavy atom. The molecule has 0 amide bonds. The lowest BCUT2D eigenvalue weighted by Crippen LogP contribution is -2.12. The monoisotopic (exact) mass is 205 g/mol. The number of hydrogen-bond acceptors (Lipinski definition) is 3. The molecular weight excluding hydrogens is 190 g/mol. The minimum Gasteiger partial charge on any atom is -0.479 e. The van der Waals surface area contributed by atoms with Gasteiger partial charge in [-0.1, -0.05) is 20.8 Å². The van der Waals surface area contributed by atoms with Gasteiger partial charge in [0, 0.05) is 6.79 Å². The van der Waals surface area contributed by atoms with Crippen LogP contribution in [0.2, 0.25) is 0 Å². The zero-order valence-corrected chi connectivity index (χ0v) is 8.97. The number of hydrogen-bond donors (Lipinski definition) is 0. The van der Waals surface area contributed by atoms with E-state index in [1.807, 2.05) is 20.8 Å². The van der Waals surface area contributed by atoms with Gasteiger partial charge in [-0.3, -0.25) is 0 Å². The van der Waals surface area contributed by atoms with Gasteiger partial charge in [0.25, 0.3) is 5.88 Å². The Labute approximate surface area is 84.4 Å². The molecule has 0 unspecified atom stereocenters. The van der Waals surface area contributed by atoms with E-state index in [1.54, 1.807) is 0 Å². The van der Waals surface area contributed by atoms with Crippen LogP contribution in [0.5, 0.6) is 5.88 Å². The van der Waals surface area contributed by atoms with Gasteiger partial charge in [-0.05, 0) is 5.16 Å². The van der Waals surface area contributed by atoms with E-state index in [1.165, 1.54) is 7.11 Å². The second-order valence-electron chi connectivity index (χ2n) is 3.79. The summed E-state index contributed by atoms with van der Waals surface area (Å²) in [6.45, 7) is 5.90. The van der Waals surface area contributed by atoms with E-state index < -0.39 is 5.86 Å². The zero-order chi connectivity index (χ0) is 10.9. The number of rotatable bonds is 2. The van der Waals surface area contributed by atoms with Crippen LogP contribution in [0, 0.1) is 0 Å². The molecule has 3 nitrogen and oxygen atoms in total. The first-order chi connectivity index (χ1) is 6.38. The van der Waals surface area contributed by atoms with Crippen molar-refractivity contribution in [3.8, 4) is 5.88 Å². The topological polar surface area (TPSA) is 35.3 Å². The third-order valence-corrected chi connectivity index (χ3v) is 1.90. The molecule has 1 atom stereocenters. The lowest BCUT2D eigenvalue weighted by atomic mass is 9.91. The van der Waals surface area contributed by atoms with E-state index in [0.29, 0.717) is 17.2 Å². The van der Waals surface area contributed by atoms with Crippen LogP contribution in [-0.2, 0) is 11.3 Å². The minimum absolute atomic E-state index is 0.229. The number of halogens is 1. The molecule has 0 fully saturated rings. The first kappa shape index (κ1) is 8.88. The number of methoxy groups -OCH3 is 1. The molecule has 0 aliphatic rings. The Balaban J connectivity index is 3.25. The van der Waals surface area contributed by atoms with Crippen LogP contribution < -0.4 is 4.74 Å². The van der Waals surface area contributed by atoms with Crippen molar-refractivity contribution < 1.29 is 10.6 Å². The third kappa shape index (κ3) is 1.97. The second kappa shape index (κ2) is 3.58. The van der Waals surface area contributed by atoms with Crippen molar-refractivity contribution >= 4 is 11.6 Å². The van der Waals surface area contributed by atoms with Crippen LogP contribution >= 0.6 is 11.6 Å². The smallest absolute Gasteiger partial charge is 0.258 e. The lowest BCUT2D eigenvalue weighted by molar-refractivity contribution is 0.301. The van der Waals surface area contributed by atoms with E-state index in [9.17, 15) is 0 Å². The fourth-order valence-corrected chi connectivity index (χ4v) is 1.26. The molecule has 0 spiro atoms. The maximum atomic E-state index is 7.49. The van der Waals surface area contributed by atoms with Gasteiger partial charge in [0.05, 0.1) is 18.5 Å². The van der Waals surface area contributed by atoms with Gasteiger partial charge in [0.2, 0.25) is 0 Å². The van der Waals surface area contributed by atoms with Gasteiger partial charge >= 0.3 is 0 Å². The van der Waals surface area contributed by atoms with Crippen molar-refractivity contribution in [3.63, 3.8) is 0 Å². The summed E-state index contributed by atoms with van der Waals surface area (Å²) in [6, 6.07) is 0. The average Bonchev–Trinajstić information content (AvgIpc) is 2.45. The normalized spacial score (nSPS) is 15.3. The minimum atomic E-state index is -0.912. The molecule has 13 heavy (non-hydrogen) atoms. The number of nitrogens with zero attached hydrogens (tertiary/aromatic N) is 1. The van der Waals surface area contributed by atoms with Crippen LogP contribution in [0.1, 0.15) is 33.5 Å². The summed E-state index contributed by atoms with van der Waals surface area (Å²) < 4.78 is 17.6. The van der Waals surface area contributed by atoms with Crippen LogP contribution in [0.4, 0.5) is 0 Å². The molecule has 4 heteroatoms. The van der Waals surface area contributed by atoms with Crippen molar-refractivity contribution in [2.24, 2.45) is 0 Å². The Hall–Kier alpha value is -0.700. The fraction of sp³-hybridized carbons (Fsp3) is 0.667. The highest BCUT2D eigenvalue weighted by molar-refractivity contribution is 6.17. The predicted octanol–water partition coefficient (Wildman–Crippen LogP) is 2.72. The molecule has 0 bridgehead atoms. The van der Waals surface area contributed by atoms with Gasteiger partial charge < -0.3 is 9.26 Å². The molecule has 1 heterocycles. The Morgan fingerprint density at radius 2 is 2.23 bits per heavy atom. The molecular formula is C9H14ClNO2. The summed E-state index contributed by atoms with van der Waals surface area (Å²) in [5.74, 6) is -0.0142. The molecule has 1 aromatic heterocycles. The SMILES string of the molecule is [3H][C@H](Cl)c1c(OC)noc1C(C)(C)C. The molecule has 74 valence electrons. The van der Waals surface area contributed by atoms with Gasteiger partial charge in [-0.2, -0.15) is 0 Å². The average molecular weight is 206 g/mol. The Bertz CT molecular complexity index is 317. The number of aromatic nitrogens is 1. The number of ether oxygens (including phenoxy) is 1. The van der Waals surface area contributed by atoms with Crippen molar-refractivity contribution in [1.29, 1.82) is 0 Å². The Kier molecular flexibility index (Phi) is 2.44. The lowest BCUT2D eigenvalue weighted by Gasteiger charge is -2.14. The van der Waals surface area contributed by atoms with E-state index in [-0.39, 0.29) is 5.41 Å². The van der Waals surface area contributed by atoms with Gasteiger partial charge in [-0.25, -0.2) is 0 Å². The van der Waals surface area contributed by atoms with Crippen molar-refractivity contribution in [2.75, 3.05) is 7.11 Å². The quantitative estimate of drug-likeness (QED) is 0.697. The number of alkyl halides is 1. The van der Waals surface area contributed by atoms with Crippen molar-refractivity contribution in [3.05, 3.63) is 11.3 Å². The first-order valence-electron chi connectivity index (χ1n) is 4.56. The molecule has 0 aliphatic carbocycles. The summed E-state index contributed by atoms with van der Waals surface area (Å²) in [4.78, 5) is 0. The molecule has 0 saturated carbocycles. The molecule has 0 aliphatic heterocycles.